The fraction of sp³-hybridized carbons (Fsp3) is 1.00. The molecule has 0 amide bonds. The molecule has 0 spiro atoms. The maximum atomic E-state index is 3.76. The van der Waals surface area contributed by atoms with Gasteiger partial charge in [-0.2, -0.15) is 0 Å². The van der Waals surface area contributed by atoms with Gasteiger partial charge in [-0.3, -0.25) is 0 Å². The number of nitrogens with one attached hydrogen (secondary N) is 1. The van der Waals surface area contributed by atoms with Gasteiger partial charge in [0, 0.05) is 12.1 Å². The maximum absolute atomic E-state index is 3.76. The second-order valence-electron chi connectivity index (χ2n) is 7.90. The van der Waals surface area contributed by atoms with Gasteiger partial charge in [-0.25, -0.2) is 0 Å². The van der Waals surface area contributed by atoms with E-state index in [0.717, 1.165) is 29.8 Å². The molecule has 2 nitrogen and oxygen atoms in total. The smallest absolute Gasteiger partial charge is 0.0120 e. The molecule has 2 heteroatoms. The third-order valence-electron chi connectivity index (χ3n) is 6.32. The summed E-state index contributed by atoms with van der Waals surface area (Å²) in [7, 11) is 0. The van der Waals surface area contributed by atoms with Crippen LogP contribution in [0.4, 0.5) is 0 Å². The molecule has 2 fully saturated rings. The van der Waals surface area contributed by atoms with Gasteiger partial charge in [0.1, 0.15) is 0 Å². The molecule has 0 radical (unpaired) electrons. The van der Waals surface area contributed by atoms with Crippen molar-refractivity contribution in [2.45, 2.75) is 84.7 Å². The first-order valence-electron chi connectivity index (χ1n) is 9.59. The van der Waals surface area contributed by atoms with E-state index < -0.39 is 0 Å². The van der Waals surface area contributed by atoms with Crippen LogP contribution < -0.4 is 5.32 Å². The average Bonchev–Trinajstić information content (AvgIpc) is 2.49. The molecule has 0 aromatic rings. The highest BCUT2D eigenvalue weighted by molar-refractivity contribution is 4.89. The molecule has 1 aliphatic heterocycles. The van der Waals surface area contributed by atoms with Crippen LogP contribution in [0.15, 0.2) is 0 Å². The highest BCUT2D eigenvalue weighted by atomic mass is 15.2. The number of hydrogen-bond donors (Lipinski definition) is 1. The number of rotatable bonds is 6. The van der Waals surface area contributed by atoms with Crippen LogP contribution in [-0.2, 0) is 0 Å². The lowest BCUT2D eigenvalue weighted by molar-refractivity contribution is 0.0763. The Labute approximate surface area is 133 Å². The third kappa shape index (κ3) is 4.96. The highest BCUT2D eigenvalue weighted by Crippen LogP contribution is 2.31. The fourth-order valence-electron chi connectivity index (χ4n) is 4.34. The quantitative estimate of drug-likeness (QED) is 0.785. The van der Waals surface area contributed by atoms with Crippen molar-refractivity contribution in [2.24, 2.45) is 17.8 Å². The minimum absolute atomic E-state index is 0.742. The fourth-order valence-corrected chi connectivity index (χ4v) is 4.34. The molecule has 1 saturated heterocycles. The predicted molar refractivity (Wildman–Crippen MR) is 92.6 cm³/mol. The normalized spacial score (nSPS) is 38.6. The molecular weight excluding hydrogens is 256 g/mol. The summed E-state index contributed by atoms with van der Waals surface area (Å²) in [5.41, 5.74) is 0. The molecular formula is C19H38N2. The molecule has 124 valence electrons. The summed E-state index contributed by atoms with van der Waals surface area (Å²) in [6.07, 6.45) is 9.95. The van der Waals surface area contributed by atoms with E-state index in [9.17, 15) is 0 Å². The van der Waals surface area contributed by atoms with Crippen LogP contribution in [-0.4, -0.2) is 36.6 Å². The summed E-state index contributed by atoms with van der Waals surface area (Å²) < 4.78 is 0. The van der Waals surface area contributed by atoms with Crippen LogP contribution >= 0.6 is 0 Å². The third-order valence-corrected chi connectivity index (χ3v) is 6.32. The van der Waals surface area contributed by atoms with E-state index in [1.54, 1.807) is 0 Å². The molecule has 21 heavy (non-hydrogen) atoms. The van der Waals surface area contributed by atoms with Crippen LogP contribution in [0.2, 0.25) is 0 Å². The molecule has 0 bridgehead atoms. The maximum Gasteiger partial charge on any atom is 0.0120 e. The molecule has 0 aromatic carbocycles. The van der Waals surface area contributed by atoms with Gasteiger partial charge in [0.15, 0.2) is 0 Å². The zero-order valence-electron chi connectivity index (χ0n) is 14.9. The minimum atomic E-state index is 0.742. The first-order valence-corrected chi connectivity index (χ1v) is 9.59. The van der Waals surface area contributed by atoms with Crippen molar-refractivity contribution in [3.8, 4) is 0 Å². The zero-order valence-corrected chi connectivity index (χ0v) is 14.9. The van der Waals surface area contributed by atoms with Gasteiger partial charge in [-0.15, -0.1) is 0 Å². The molecule has 1 heterocycles. The topological polar surface area (TPSA) is 15.3 Å². The molecule has 1 aliphatic carbocycles. The summed E-state index contributed by atoms with van der Waals surface area (Å²) in [6, 6.07) is 1.49. The Morgan fingerprint density at radius 3 is 2.38 bits per heavy atom. The molecule has 3 unspecified atom stereocenters. The molecule has 2 rings (SSSR count). The van der Waals surface area contributed by atoms with Crippen LogP contribution in [0.25, 0.3) is 0 Å². The Hall–Kier alpha value is -0.0800. The van der Waals surface area contributed by atoms with Crippen LogP contribution in [0.1, 0.15) is 72.6 Å². The Kier molecular flexibility index (Phi) is 7.01. The van der Waals surface area contributed by atoms with E-state index in [2.05, 4.69) is 37.9 Å². The lowest BCUT2D eigenvalue weighted by atomic mass is 9.81. The predicted octanol–water partition coefficient (Wildman–Crippen LogP) is 4.30. The van der Waals surface area contributed by atoms with Crippen molar-refractivity contribution in [2.75, 3.05) is 19.6 Å². The van der Waals surface area contributed by atoms with Crippen molar-refractivity contribution >= 4 is 0 Å². The van der Waals surface area contributed by atoms with Crippen molar-refractivity contribution in [3.63, 3.8) is 0 Å². The Bertz CT molecular complexity index is 283. The SMILES string of the molecule is CCCNC1CCN(CCC2CCC(C)CC2)C(C)C1C. The molecule has 1 N–H and O–H groups in total. The first-order chi connectivity index (χ1) is 10.1. The highest BCUT2D eigenvalue weighted by Gasteiger charge is 2.32. The Morgan fingerprint density at radius 1 is 1.00 bits per heavy atom. The zero-order chi connectivity index (χ0) is 15.2. The van der Waals surface area contributed by atoms with E-state index >= 15 is 0 Å². The number of piperidine rings is 1. The van der Waals surface area contributed by atoms with Gasteiger partial charge in [-0.05, 0) is 63.6 Å². The summed E-state index contributed by atoms with van der Waals surface area (Å²) in [5, 5.41) is 3.76. The van der Waals surface area contributed by atoms with Gasteiger partial charge in [0.05, 0.1) is 0 Å². The van der Waals surface area contributed by atoms with Gasteiger partial charge in [0.2, 0.25) is 0 Å². The van der Waals surface area contributed by atoms with Gasteiger partial charge in [0.25, 0.3) is 0 Å². The standard InChI is InChI=1S/C19H38N2/c1-5-12-20-19-11-14-21(17(4)16(19)3)13-10-18-8-6-15(2)7-9-18/h15-20H,5-14H2,1-4H3. The molecule has 3 atom stereocenters. The number of likely N-dealkylation sites (tertiary alicyclic amines) is 1. The van der Waals surface area contributed by atoms with Crippen LogP contribution in [0.5, 0.6) is 0 Å². The van der Waals surface area contributed by atoms with E-state index in [1.165, 1.54) is 64.6 Å². The summed E-state index contributed by atoms with van der Waals surface area (Å²) >= 11 is 0. The lowest BCUT2D eigenvalue weighted by Gasteiger charge is -2.43. The Balaban J connectivity index is 1.72. The van der Waals surface area contributed by atoms with Crippen LogP contribution in [0.3, 0.4) is 0 Å². The van der Waals surface area contributed by atoms with Gasteiger partial charge >= 0.3 is 0 Å². The van der Waals surface area contributed by atoms with Crippen molar-refractivity contribution in [3.05, 3.63) is 0 Å². The second kappa shape index (κ2) is 8.53. The Morgan fingerprint density at radius 2 is 1.71 bits per heavy atom. The number of hydrogen-bond acceptors (Lipinski definition) is 2. The van der Waals surface area contributed by atoms with Crippen LogP contribution in [0, 0.1) is 17.8 Å². The number of nitrogens with zero attached hydrogens (tertiary/aromatic N) is 1. The molecule has 0 aromatic heterocycles. The summed E-state index contributed by atoms with van der Waals surface area (Å²) in [4.78, 5) is 2.77. The summed E-state index contributed by atoms with van der Waals surface area (Å²) in [5.74, 6) is 2.79. The first kappa shape index (κ1) is 17.3. The molecule has 2 aliphatic rings. The van der Waals surface area contributed by atoms with E-state index in [0.29, 0.717) is 0 Å². The van der Waals surface area contributed by atoms with E-state index in [4.69, 9.17) is 0 Å². The van der Waals surface area contributed by atoms with E-state index in [1.807, 2.05) is 0 Å². The van der Waals surface area contributed by atoms with Crippen molar-refractivity contribution in [1.29, 1.82) is 0 Å². The van der Waals surface area contributed by atoms with Gasteiger partial charge < -0.3 is 10.2 Å². The monoisotopic (exact) mass is 294 g/mol. The lowest BCUT2D eigenvalue weighted by Crippen LogP contribution is -2.53. The second-order valence-corrected chi connectivity index (χ2v) is 7.90. The van der Waals surface area contributed by atoms with E-state index in [-0.39, 0.29) is 0 Å². The molecule has 1 saturated carbocycles. The summed E-state index contributed by atoms with van der Waals surface area (Å²) in [6.45, 7) is 13.4. The van der Waals surface area contributed by atoms with Gasteiger partial charge in [-0.1, -0.05) is 46.5 Å². The largest absolute Gasteiger partial charge is 0.314 e. The van der Waals surface area contributed by atoms with Crippen molar-refractivity contribution < 1.29 is 0 Å². The minimum Gasteiger partial charge on any atom is -0.314 e. The average molecular weight is 295 g/mol. The van der Waals surface area contributed by atoms with Crippen molar-refractivity contribution in [1.82, 2.24) is 10.2 Å².